The lowest BCUT2D eigenvalue weighted by Gasteiger charge is -2.14. The van der Waals surface area contributed by atoms with E-state index in [9.17, 15) is 14.0 Å². The Morgan fingerprint density at radius 1 is 1.00 bits per heavy atom. The molecule has 7 heteroatoms. The average Bonchev–Trinajstić information content (AvgIpc) is 2.77. The second-order valence-electron chi connectivity index (χ2n) is 6.72. The fourth-order valence-electron chi connectivity index (χ4n) is 3.36. The summed E-state index contributed by atoms with van der Waals surface area (Å²) < 4.78 is 38.1. The van der Waals surface area contributed by atoms with Gasteiger partial charge in [0, 0.05) is 35.9 Å². The topological polar surface area (TPSA) is 55.1 Å². The molecule has 4 aromatic rings. The molecule has 4 rings (SSSR count). The third-order valence-corrected chi connectivity index (χ3v) is 5.15. The van der Waals surface area contributed by atoms with Gasteiger partial charge in [0.25, 0.3) is 0 Å². The smallest absolute Gasteiger partial charge is 0.188 e. The number of methoxy groups -OCH3 is 1. The number of fused-ring (bicyclic) bond motifs is 1. The van der Waals surface area contributed by atoms with E-state index in [0.717, 1.165) is 11.6 Å². The number of hydrogen-bond donors (Lipinski definition) is 0. The van der Waals surface area contributed by atoms with E-state index in [-0.39, 0.29) is 12.4 Å². The van der Waals surface area contributed by atoms with E-state index < -0.39 is 11.6 Å². The molecule has 0 aliphatic heterocycles. The first-order valence-electron chi connectivity index (χ1n) is 9.21. The van der Waals surface area contributed by atoms with Gasteiger partial charge in [-0.05, 0) is 41.5 Å². The molecular formula is C24H15ClF2N2O2. The molecule has 4 nitrogen and oxygen atoms in total. The van der Waals surface area contributed by atoms with Crippen LogP contribution in [0.2, 0.25) is 5.02 Å². The van der Waals surface area contributed by atoms with Gasteiger partial charge in [-0.15, -0.1) is 0 Å². The summed E-state index contributed by atoms with van der Waals surface area (Å²) in [5.74, 6) is -1.01. The molecule has 0 saturated carbocycles. The standard InChI is InChI=1S/C24H15ClF2N2O2/c1-30-13-31-24-15(11-28)3-2-4-19(24)14-5-6-22-20(9-14)23(25)21(12-29-22)16-7-17(26)10-18(27)8-16/h2-10,12H,13H2,1H3. The van der Waals surface area contributed by atoms with Crippen LogP contribution in [0.25, 0.3) is 33.2 Å². The van der Waals surface area contributed by atoms with Crippen molar-refractivity contribution in [3.8, 4) is 34.1 Å². The first-order valence-corrected chi connectivity index (χ1v) is 9.59. The van der Waals surface area contributed by atoms with Crippen LogP contribution in [0.1, 0.15) is 5.56 Å². The summed E-state index contributed by atoms with van der Waals surface area (Å²) in [6.07, 6.45) is 1.49. The number of nitriles is 1. The van der Waals surface area contributed by atoms with Crippen molar-refractivity contribution in [1.29, 1.82) is 5.26 Å². The average molecular weight is 437 g/mol. The van der Waals surface area contributed by atoms with Crippen LogP contribution in [0.15, 0.2) is 60.8 Å². The Balaban J connectivity index is 1.89. The van der Waals surface area contributed by atoms with Gasteiger partial charge in [-0.1, -0.05) is 29.8 Å². The van der Waals surface area contributed by atoms with Gasteiger partial charge in [0.1, 0.15) is 23.5 Å². The van der Waals surface area contributed by atoms with E-state index in [1.54, 1.807) is 24.3 Å². The maximum atomic E-state index is 13.7. The van der Waals surface area contributed by atoms with E-state index in [2.05, 4.69) is 11.1 Å². The number of rotatable bonds is 5. The van der Waals surface area contributed by atoms with Gasteiger partial charge in [-0.2, -0.15) is 5.26 Å². The van der Waals surface area contributed by atoms with Gasteiger partial charge in [0.05, 0.1) is 16.1 Å². The number of ether oxygens (including phenoxy) is 2. The molecule has 0 saturated heterocycles. The predicted octanol–water partition coefficient (Wildman–Crippen LogP) is 6.35. The molecule has 0 spiro atoms. The molecular weight excluding hydrogens is 422 g/mol. The van der Waals surface area contributed by atoms with Crippen LogP contribution in [0, 0.1) is 23.0 Å². The zero-order chi connectivity index (χ0) is 22.0. The zero-order valence-corrected chi connectivity index (χ0v) is 17.1. The molecule has 1 aromatic heterocycles. The van der Waals surface area contributed by atoms with E-state index in [4.69, 9.17) is 21.1 Å². The van der Waals surface area contributed by atoms with Crippen molar-refractivity contribution < 1.29 is 18.3 Å². The quantitative estimate of drug-likeness (QED) is 0.342. The molecule has 31 heavy (non-hydrogen) atoms. The lowest BCUT2D eigenvalue weighted by Crippen LogP contribution is -2.02. The van der Waals surface area contributed by atoms with E-state index in [1.165, 1.54) is 25.4 Å². The highest BCUT2D eigenvalue weighted by molar-refractivity contribution is 6.38. The fraction of sp³-hybridized carbons (Fsp3) is 0.0833. The van der Waals surface area contributed by atoms with Gasteiger partial charge < -0.3 is 9.47 Å². The molecule has 0 aliphatic carbocycles. The SMILES string of the molecule is COCOc1c(C#N)cccc1-c1ccc2ncc(-c3cc(F)cc(F)c3)c(Cl)c2c1. The Hall–Kier alpha value is -3.53. The normalized spacial score (nSPS) is 10.8. The largest absolute Gasteiger partial charge is 0.466 e. The number of para-hydroxylation sites is 1. The minimum absolute atomic E-state index is 0.0170. The minimum Gasteiger partial charge on any atom is -0.466 e. The Labute approximate surface area is 182 Å². The summed E-state index contributed by atoms with van der Waals surface area (Å²) in [6, 6.07) is 16.0. The van der Waals surface area contributed by atoms with Crippen LogP contribution in [0.4, 0.5) is 8.78 Å². The second kappa shape index (κ2) is 8.68. The Bertz CT molecular complexity index is 1320. The molecule has 0 radical (unpaired) electrons. The summed E-state index contributed by atoms with van der Waals surface area (Å²) in [7, 11) is 1.49. The Morgan fingerprint density at radius 3 is 2.48 bits per heavy atom. The van der Waals surface area contributed by atoms with E-state index >= 15 is 0 Å². The molecule has 0 N–H and O–H groups in total. The first-order chi connectivity index (χ1) is 15.0. The molecule has 0 amide bonds. The highest BCUT2D eigenvalue weighted by atomic mass is 35.5. The zero-order valence-electron chi connectivity index (χ0n) is 16.3. The summed E-state index contributed by atoms with van der Waals surface area (Å²) >= 11 is 6.63. The molecule has 0 aliphatic rings. The summed E-state index contributed by atoms with van der Waals surface area (Å²) in [5.41, 5.74) is 3.09. The Morgan fingerprint density at radius 2 is 1.77 bits per heavy atom. The van der Waals surface area contributed by atoms with E-state index in [0.29, 0.717) is 38.4 Å². The number of pyridine rings is 1. The molecule has 0 fully saturated rings. The lowest BCUT2D eigenvalue weighted by molar-refractivity contribution is 0.0513. The van der Waals surface area contributed by atoms with E-state index in [1.807, 2.05) is 12.1 Å². The van der Waals surface area contributed by atoms with Gasteiger partial charge in [-0.3, -0.25) is 4.98 Å². The van der Waals surface area contributed by atoms with Crippen molar-refractivity contribution in [3.63, 3.8) is 0 Å². The number of aromatic nitrogens is 1. The molecule has 1 heterocycles. The Kier molecular flexibility index (Phi) is 5.81. The monoisotopic (exact) mass is 436 g/mol. The fourth-order valence-corrected chi connectivity index (χ4v) is 3.67. The maximum absolute atomic E-state index is 13.7. The highest BCUT2D eigenvalue weighted by Gasteiger charge is 2.15. The maximum Gasteiger partial charge on any atom is 0.188 e. The molecule has 154 valence electrons. The predicted molar refractivity (Wildman–Crippen MR) is 115 cm³/mol. The first kappa shape index (κ1) is 20.7. The van der Waals surface area contributed by atoms with Crippen LogP contribution in [0.5, 0.6) is 5.75 Å². The third kappa shape index (κ3) is 4.06. The molecule has 3 aromatic carbocycles. The van der Waals surface area contributed by atoms with Crippen LogP contribution < -0.4 is 4.74 Å². The number of halogens is 3. The third-order valence-electron chi connectivity index (χ3n) is 4.74. The summed E-state index contributed by atoms with van der Waals surface area (Å²) in [4.78, 5) is 4.39. The van der Waals surface area contributed by atoms with Gasteiger partial charge in [0.15, 0.2) is 6.79 Å². The van der Waals surface area contributed by atoms with Crippen LogP contribution in [0.3, 0.4) is 0 Å². The van der Waals surface area contributed by atoms with Crippen molar-refractivity contribution in [3.05, 3.63) is 83.0 Å². The van der Waals surface area contributed by atoms with Crippen LogP contribution in [-0.4, -0.2) is 18.9 Å². The number of benzene rings is 3. The van der Waals surface area contributed by atoms with Gasteiger partial charge in [0.2, 0.25) is 0 Å². The second-order valence-corrected chi connectivity index (χ2v) is 7.10. The molecule has 0 unspecified atom stereocenters. The molecule has 0 bridgehead atoms. The number of nitrogens with zero attached hydrogens (tertiary/aromatic N) is 2. The molecule has 0 atom stereocenters. The van der Waals surface area contributed by atoms with Crippen molar-refractivity contribution in [2.45, 2.75) is 0 Å². The minimum atomic E-state index is -0.701. The van der Waals surface area contributed by atoms with Crippen molar-refractivity contribution in [1.82, 2.24) is 4.98 Å². The van der Waals surface area contributed by atoms with Gasteiger partial charge in [-0.25, -0.2) is 8.78 Å². The number of hydrogen-bond acceptors (Lipinski definition) is 4. The highest BCUT2D eigenvalue weighted by Crippen LogP contribution is 2.38. The summed E-state index contributed by atoms with van der Waals surface area (Å²) in [5, 5.41) is 10.4. The summed E-state index contributed by atoms with van der Waals surface area (Å²) in [6.45, 7) is -0.0170. The van der Waals surface area contributed by atoms with Crippen molar-refractivity contribution >= 4 is 22.5 Å². The van der Waals surface area contributed by atoms with Crippen molar-refractivity contribution in [2.24, 2.45) is 0 Å². The lowest BCUT2D eigenvalue weighted by atomic mass is 9.98. The van der Waals surface area contributed by atoms with Crippen LogP contribution >= 0.6 is 11.6 Å². The van der Waals surface area contributed by atoms with Crippen molar-refractivity contribution in [2.75, 3.05) is 13.9 Å². The van der Waals surface area contributed by atoms with Crippen LogP contribution in [-0.2, 0) is 4.74 Å². The van der Waals surface area contributed by atoms with Gasteiger partial charge >= 0.3 is 0 Å².